The third-order valence-corrected chi connectivity index (χ3v) is 5.03. The third-order valence-electron chi connectivity index (χ3n) is 4.07. The molecule has 1 amide bonds. The van der Waals surface area contributed by atoms with Crippen LogP contribution in [0, 0.1) is 0 Å². The lowest BCUT2D eigenvalue weighted by molar-refractivity contribution is -0.118. The Bertz CT molecular complexity index is 861. The Balaban J connectivity index is 1.53. The summed E-state index contributed by atoms with van der Waals surface area (Å²) in [6.45, 7) is 0.558. The van der Waals surface area contributed by atoms with Crippen molar-refractivity contribution in [3.05, 3.63) is 66.4 Å². The average Bonchev–Trinajstić information content (AvgIpc) is 3.10. The molecule has 120 valence electrons. The summed E-state index contributed by atoms with van der Waals surface area (Å²) in [5.41, 5.74) is 2.05. The Kier molecular flexibility index (Phi) is 4.01. The predicted octanol–water partition coefficient (Wildman–Crippen LogP) is 4.31. The molecule has 1 N–H and O–H groups in total. The predicted molar refractivity (Wildman–Crippen MR) is 95.5 cm³/mol. The van der Waals surface area contributed by atoms with Gasteiger partial charge in [0.15, 0.2) is 5.13 Å². The SMILES string of the molecule is O=C(Nc1ncc(-c2ccccc2)s1)[C@@H]1CCOc2ccccc21. The number of carbonyl (C=O) groups is 1. The molecule has 0 unspecified atom stereocenters. The van der Waals surface area contributed by atoms with Crippen LogP contribution in [0.25, 0.3) is 10.4 Å². The fourth-order valence-electron chi connectivity index (χ4n) is 2.87. The van der Waals surface area contributed by atoms with Crippen molar-refractivity contribution in [3.63, 3.8) is 0 Å². The number of hydrogen-bond acceptors (Lipinski definition) is 4. The Morgan fingerprint density at radius 2 is 1.92 bits per heavy atom. The minimum Gasteiger partial charge on any atom is -0.493 e. The maximum atomic E-state index is 12.7. The van der Waals surface area contributed by atoms with E-state index >= 15 is 0 Å². The van der Waals surface area contributed by atoms with Gasteiger partial charge in [-0.1, -0.05) is 59.9 Å². The number of ether oxygens (including phenoxy) is 1. The van der Waals surface area contributed by atoms with Crippen LogP contribution in [0.5, 0.6) is 5.75 Å². The van der Waals surface area contributed by atoms with Gasteiger partial charge >= 0.3 is 0 Å². The number of hydrogen-bond donors (Lipinski definition) is 1. The second kappa shape index (κ2) is 6.45. The van der Waals surface area contributed by atoms with Crippen molar-refractivity contribution in [2.45, 2.75) is 12.3 Å². The van der Waals surface area contributed by atoms with Crippen LogP contribution in [0.4, 0.5) is 5.13 Å². The van der Waals surface area contributed by atoms with E-state index in [1.54, 1.807) is 6.20 Å². The minimum absolute atomic E-state index is 0.0280. The number of amides is 1. The maximum absolute atomic E-state index is 12.7. The van der Waals surface area contributed by atoms with Gasteiger partial charge in [0, 0.05) is 11.8 Å². The number of aromatic nitrogens is 1. The van der Waals surface area contributed by atoms with Crippen molar-refractivity contribution in [1.29, 1.82) is 0 Å². The molecular formula is C19H16N2O2S. The van der Waals surface area contributed by atoms with E-state index in [0.29, 0.717) is 18.2 Å². The van der Waals surface area contributed by atoms with E-state index in [0.717, 1.165) is 21.8 Å². The molecule has 0 aliphatic carbocycles. The van der Waals surface area contributed by atoms with E-state index in [4.69, 9.17) is 4.74 Å². The van der Waals surface area contributed by atoms with Gasteiger partial charge < -0.3 is 10.1 Å². The highest BCUT2D eigenvalue weighted by atomic mass is 32.1. The molecule has 24 heavy (non-hydrogen) atoms. The van der Waals surface area contributed by atoms with Crippen LogP contribution in [0.15, 0.2) is 60.8 Å². The summed E-state index contributed by atoms with van der Waals surface area (Å²) in [4.78, 5) is 18.1. The zero-order valence-corrected chi connectivity index (χ0v) is 13.8. The number of rotatable bonds is 3. The van der Waals surface area contributed by atoms with E-state index < -0.39 is 0 Å². The zero-order chi connectivity index (χ0) is 16.4. The highest BCUT2D eigenvalue weighted by Crippen LogP contribution is 2.35. The number of anilines is 1. The molecule has 5 heteroatoms. The van der Waals surface area contributed by atoms with Crippen molar-refractivity contribution in [3.8, 4) is 16.2 Å². The fourth-order valence-corrected chi connectivity index (χ4v) is 3.70. The first-order valence-corrected chi connectivity index (χ1v) is 8.67. The molecule has 1 aromatic heterocycles. The second-order valence-corrected chi connectivity index (χ2v) is 6.64. The fraction of sp³-hybridized carbons (Fsp3) is 0.158. The molecule has 2 heterocycles. The summed E-state index contributed by atoms with van der Waals surface area (Å²) in [6, 6.07) is 17.8. The molecule has 3 aromatic rings. The van der Waals surface area contributed by atoms with Gasteiger partial charge in [-0.3, -0.25) is 4.79 Å². The van der Waals surface area contributed by atoms with Crippen LogP contribution in [-0.2, 0) is 4.79 Å². The van der Waals surface area contributed by atoms with Gasteiger partial charge in [-0.05, 0) is 18.1 Å². The number of thiazole rings is 1. The molecule has 2 aromatic carbocycles. The van der Waals surface area contributed by atoms with Gasteiger partial charge in [0.25, 0.3) is 0 Å². The lowest BCUT2D eigenvalue weighted by Crippen LogP contribution is -2.26. The topological polar surface area (TPSA) is 51.2 Å². The monoisotopic (exact) mass is 336 g/mol. The number of nitrogens with one attached hydrogen (secondary N) is 1. The second-order valence-electron chi connectivity index (χ2n) is 5.61. The largest absolute Gasteiger partial charge is 0.493 e. The molecule has 0 saturated carbocycles. The first kappa shape index (κ1) is 14.9. The summed E-state index contributed by atoms with van der Waals surface area (Å²) in [5, 5.41) is 3.58. The summed E-state index contributed by atoms with van der Waals surface area (Å²) in [5.74, 6) is 0.576. The maximum Gasteiger partial charge on any atom is 0.233 e. The molecule has 0 spiro atoms. The quantitative estimate of drug-likeness (QED) is 0.775. The molecular weight excluding hydrogens is 320 g/mol. The molecule has 4 nitrogen and oxygen atoms in total. The molecule has 1 atom stereocenters. The van der Waals surface area contributed by atoms with Crippen molar-refractivity contribution in [1.82, 2.24) is 4.98 Å². The normalized spacial score (nSPS) is 16.1. The van der Waals surface area contributed by atoms with Crippen LogP contribution in [-0.4, -0.2) is 17.5 Å². The molecule has 0 saturated heterocycles. The molecule has 1 aliphatic rings. The van der Waals surface area contributed by atoms with Crippen LogP contribution in [0.3, 0.4) is 0 Å². The van der Waals surface area contributed by atoms with Crippen LogP contribution in [0.1, 0.15) is 17.9 Å². The van der Waals surface area contributed by atoms with E-state index in [2.05, 4.69) is 10.3 Å². The smallest absolute Gasteiger partial charge is 0.233 e. The van der Waals surface area contributed by atoms with Gasteiger partial charge in [-0.15, -0.1) is 0 Å². The summed E-state index contributed by atoms with van der Waals surface area (Å²) in [6.07, 6.45) is 2.48. The number of para-hydroxylation sites is 1. The van der Waals surface area contributed by atoms with Crippen molar-refractivity contribution >= 4 is 22.4 Å². The number of nitrogens with zero attached hydrogens (tertiary/aromatic N) is 1. The Labute approximate surface area is 144 Å². The lowest BCUT2D eigenvalue weighted by Gasteiger charge is -2.24. The summed E-state index contributed by atoms with van der Waals surface area (Å²) >= 11 is 1.49. The van der Waals surface area contributed by atoms with Crippen LogP contribution in [0.2, 0.25) is 0 Å². The van der Waals surface area contributed by atoms with Gasteiger partial charge in [0.2, 0.25) is 5.91 Å². The zero-order valence-electron chi connectivity index (χ0n) is 12.9. The molecule has 1 aliphatic heterocycles. The van der Waals surface area contributed by atoms with Gasteiger partial charge in [0.05, 0.1) is 17.4 Å². The summed E-state index contributed by atoms with van der Waals surface area (Å²) in [7, 11) is 0. The molecule has 4 rings (SSSR count). The minimum atomic E-state index is -0.195. The van der Waals surface area contributed by atoms with E-state index in [-0.39, 0.29) is 11.8 Å². The van der Waals surface area contributed by atoms with Crippen LogP contribution < -0.4 is 10.1 Å². The van der Waals surface area contributed by atoms with Crippen molar-refractivity contribution in [2.24, 2.45) is 0 Å². The Morgan fingerprint density at radius 1 is 1.12 bits per heavy atom. The first-order valence-electron chi connectivity index (χ1n) is 7.85. The lowest BCUT2D eigenvalue weighted by atomic mass is 9.92. The van der Waals surface area contributed by atoms with E-state index in [1.807, 2.05) is 54.6 Å². The molecule has 0 radical (unpaired) electrons. The molecule has 0 bridgehead atoms. The number of carbonyl (C=O) groups excluding carboxylic acids is 1. The van der Waals surface area contributed by atoms with E-state index in [9.17, 15) is 4.79 Å². The average molecular weight is 336 g/mol. The van der Waals surface area contributed by atoms with Gasteiger partial charge in [0.1, 0.15) is 5.75 Å². The van der Waals surface area contributed by atoms with Gasteiger partial charge in [-0.2, -0.15) is 0 Å². The van der Waals surface area contributed by atoms with Gasteiger partial charge in [-0.25, -0.2) is 4.98 Å². The van der Waals surface area contributed by atoms with Crippen molar-refractivity contribution in [2.75, 3.05) is 11.9 Å². The van der Waals surface area contributed by atoms with Crippen molar-refractivity contribution < 1.29 is 9.53 Å². The third kappa shape index (κ3) is 2.90. The summed E-state index contributed by atoms with van der Waals surface area (Å²) < 4.78 is 5.62. The molecule has 0 fully saturated rings. The number of fused-ring (bicyclic) bond motifs is 1. The first-order chi connectivity index (χ1) is 11.8. The number of benzene rings is 2. The Hall–Kier alpha value is -2.66. The highest BCUT2D eigenvalue weighted by molar-refractivity contribution is 7.19. The highest BCUT2D eigenvalue weighted by Gasteiger charge is 2.27. The van der Waals surface area contributed by atoms with Crippen LogP contribution >= 0.6 is 11.3 Å². The standard InChI is InChI=1S/C19H16N2O2S/c22-18(15-10-11-23-16-9-5-4-8-14(15)16)21-19-20-12-17(24-19)13-6-2-1-3-7-13/h1-9,12,15H,10-11H2,(H,20,21,22)/t15-/m1/s1. The van der Waals surface area contributed by atoms with E-state index in [1.165, 1.54) is 11.3 Å². The Morgan fingerprint density at radius 3 is 2.79 bits per heavy atom.